The molecule has 4 nitrogen and oxygen atoms in total. The van der Waals surface area contributed by atoms with Crippen molar-refractivity contribution < 1.29 is 10.2 Å². The Morgan fingerprint density at radius 3 is 1.18 bits per heavy atom. The first-order valence-electron chi connectivity index (χ1n) is 9.23. The number of aliphatic hydroxyl groups is 2. The summed E-state index contributed by atoms with van der Waals surface area (Å²) < 4.78 is 0. The summed E-state index contributed by atoms with van der Waals surface area (Å²) in [6.07, 6.45) is 5.04. The molecule has 4 bridgehead atoms. The molecule has 0 unspecified atom stereocenters. The molecule has 4 aliphatic carbocycles. The summed E-state index contributed by atoms with van der Waals surface area (Å²) in [5.74, 6) is 0. The summed E-state index contributed by atoms with van der Waals surface area (Å²) in [6.45, 7) is 12.8. The highest BCUT2D eigenvalue weighted by Gasteiger charge is 2.69. The predicted molar refractivity (Wildman–Crippen MR) is 88.9 cm³/mol. The van der Waals surface area contributed by atoms with Gasteiger partial charge in [-0.2, -0.15) is 0 Å². The van der Waals surface area contributed by atoms with Gasteiger partial charge in [0.05, 0.1) is 11.2 Å². The lowest BCUT2D eigenvalue weighted by Crippen LogP contribution is -2.78. The Morgan fingerprint density at radius 2 is 0.909 bits per heavy atom. The van der Waals surface area contributed by atoms with Gasteiger partial charge in [0.2, 0.25) is 0 Å². The van der Waals surface area contributed by atoms with Crippen LogP contribution < -0.4 is 0 Å². The van der Waals surface area contributed by atoms with Crippen LogP contribution in [0.2, 0.25) is 0 Å². The van der Waals surface area contributed by atoms with Crippen molar-refractivity contribution in [1.82, 2.24) is 9.80 Å². The maximum Gasteiger partial charge on any atom is 0.0710 e. The maximum absolute atomic E-state index is 11.3. The molecule has 0 saturated heterocycles. The van der Waals surface area contributed by atoms with Gasteiger partial charge in [0, 0.05) is 17.5 Å². The van der Waals surface area contributed by atoms with Gasteiger partial charge in [-0.25, -0.2) is 0 Å². The van der Waals surface area contributed by atoms with E-state index in [1.54, 1.807) is 0 Å². The Hall–Kier alpha value is -0.160. The third-order valence-electron chi connectivity index (χ3n) is 6.82. The molecule has 4 fully saturated rings. The first kappa shape index (κ1) is 16.7. The minimum absolute atomic E-state index is 0.0235. The third-order valence-corrected chi connectivity index (χ3v) is 6.82. The van der Waals surface area contributed by atoms with Crippen LogP contribution in [0.3, 0.4) is 0 Å². The van der Waals surface area contributed by atoms with Gasteiger partial charge in [0.25, 0.3) is 0 Å². The molecule has 22 heavy (non-hydrogen) atoms. The van der Waals surface area contributed by atoms with E-state index in [0.29, 0.717) is 6.42 Å². The smallest absolute Gasteiger partial charge is 0.0710 e. The zero-order valence-electron chi connectivity index (χ0n) is 14.9. The number of nitrogens with zero attached hydrogens (tertiary/aromatic N) is 2. The highest BCUT2D eigenvalue weighted by atomic mass is 16.3. The van der Waals surface area contributed by atoms with Crippen molar-refractivity contribution in [1.29, 1.82) is 0 Å². The van der Waals surface area contributed by atoms with Crippen LogP contribution in [0.1, 0.15) is 66.2 Å². The Morgan fingerprint density at radius 1 is 0.591 bits per heavy atom. The van der Waals surface area contributed by atoms with Crippen LogP contribution in [0.5, 0.6) is 0 Å². The molecule has 4 rings (SSSR count). The van der Waals surface area contributed by atoms with Crippen molar-refractivity contribution in [2.45, 2.75) is 88.5 Å². The largest absolute Gasteiger partial charge is 0.390 e. The fourth-order valence-electron chi connectivity index (χ4n) is 6.88. The quantitative estimate of drug-likeness (QED) is 0.788. The van der Waals surface area contributed by atoms with E-state index in [2.05, 4.69) is 37.5 Å². The van der Waals surface area contributed by atoms with E-state index in [-0.39, 0.29) is 11.1 Å². The minimum atomic E-state index is -0.686. The monoisotopic (exact) mass is 310 g/mol. The number of rotatable bonds is 6. The van der Waals surface area contributed by atoms with Crippen LogP contribution in [-0.4, -0.2) is 68.5 Å². The highest BCUT2D eigenvalue weighted by molar-refractivity contribution is 5.25. The molecule has 0 aliphatic heterocycles. The SMILES string of the molecule is CCN(CC)C12CC3(O)CC(O)(C1)CC(N(CC)CC)(C3)C2. The summed E-state index contributed by atoms with van der Waals surface area (Å²) in [5.41, 5.74) is -1.42. The maximum atomic E-state index is 11.3. The molecule has 0 amide bonds. The van der Waals surface area contributed by atoms with Gasteiger partial charge in [0.1, 0.15) is 0 Å². The lowest BCUT2D eigenvalue weighted by molar-refractivity contribution is -0.265. The molecular formula is C18H34N2O2. The van der Waals surface area contributed by atoms with Crippen LogP contribution in [0, 0.1) is 0 Å². The normalized spacial score (nSPS) is 46.9. The molecule has 2 N–H and O–H groups in total. The van der Waals surface area contributed by atoms with Crippen LogP contribution >= 0.6 is 0 Å². The fraction of sp³-hybridized carbons (Fsp3) is 1.00. The standard InChI is InChI=1S/C18H34N2O2/c1-5-19(6-2)15-9-16(20(7-3)8-4)12-17(21,10-15)14-18(22,11-15)13-16/h21-22H,5-14H2,1-4H3. The Kier molecular flexibility index (Phi) is 3.92. The zero-order chi connectivity index (χ0) is 16.2. The van der Waals surface area contributed by atoms with Gasteiger partial charge in [-0.05, 0) is 58.3 Å². The average molecular weight is 310 g/mol. The second-order valence-electron chi connectivity index (χ2n) is 8.30. The van der Waals surface area contributed by atoms with Gasteiger partial charge in [-0.15, -0.1) is 0 Å². The van der Waals surface area contributed by atoms with E-state index >= 15 is 0 Å². The van der Waals surface area contributed by atoms with Crippen molar-refractivity contribution in [2.75, 3.05) is 26.2 Å². The van der Waals surface area contributed by atoms with E-state index < -0.39 is 11.2 Å². The first-order valence-corrected chi connectivity index (χ1v) is 9.23. The van der Waals surface area contributed by atoms with Gasteiger partial charge in [-0.1, -0.05) is 27.7 Å². The van der Waals surface area contributed by atoms with Crippen LogP contribution in [-0.2, 0) is 0 Å². The molecule has 4 aliphatic rings. The van der Waals surface area contributed by atoms with Gasteiger partial charge >= 0.3 is 0 Å². The number of hydrogen-bond acceptors (Lipinski definition) is 4. The second kappa shape index (κ2) is 5.17. The molecule has 0 aromatic heterocycles. The fourth-order valence-corrected chi connectivity index (χ4v) is 6.88. The highest BCUT2D eigenvalue weighted by Crippen LogP contribution is 2.64. The van der Waals surface area contributed by atoms with Crippen LogP contribution in [0.15, 0.2) is 0 Å². The molecule has 0 heterocycles. The minimum Gasteiger partial charge on any atom is -0.390 e. The second-order valence-corrected chi connectivity index (χ2v) is 8.30. The third kappa shape index (κ3) is 2.26. The van der Waals surface area contributed by atoms with Crippen molar-refractivity contribution in [2.24, 2.45) is 0 Å². The van der Waals surface area contributed by atoms with Crippen LogP contribution in [0.4, 0.5) is 0 Å². The Labute approximate surface area is 135 Å². The lowest BCUT2D eigenvalue weighted by Gasteiger charge is -2.71. The summed E-state index contributed by atoms with van der Waals surface area (Å²) >= 11 is 0. The predicted octanol–water partition coefficient (Wildman–Crippen LogP) is 1.99. The van der Waals surface area contributed by atoms with Crippen molar-refractivity contribution in [3.05, 3.63) is 0 Å². The molecule has 4 saturated carbocycles. The van der Waals surface area contributed by atoms with E-state index in [9.17, 15) is 10.2 Å². The Balaban J connectivity index is 2.06. The Bertz CT molecular complexity index is 379. The molecule has 0 aromatic rings. The molecular weight excluding hydrogens is 276 g/mol. The topological polar surface area (TPSA) is 46.9 Å². The van der Waals surface area contributed by atoms with Gasteiger partial charge < -0.3 is 10.2 Å². The first-order chi connectivity index (χ1) is 10.3. The molecule has 0 atom stereocenters. The van der Waals surface area contributed by atoms with E-state index in [4.69, 9.17) is 0 Å². The van der Waals surface area contributed by atoms with Crippen LogP contribution in [0.25, 0.3) is 0 Å². The summed E-state index contributed by atoms with van der Waals surface area (Å²) in [5, 5.41) is 22.5. The van der Waals surface area contributed by atoms with E-state index in [1.807, 2.05) is 0 Å². The van der Waals surface area contributed by atoms with Crippen molar-refractivity contribution in [3.8, 4) is 0 Å². The molecule has 0 spiro atoms. The molecule has 4 heteroatoms. The van der Waals surface area contributed by atoms with Crippen molar-refractivity contribution in [3.63, 3.8) is 0 Å². The van der Waals surface area contributed by atoms with Gasteiger partial charge in [-0.3, -0.25) is 9.80 Å². The van der Waals surface area contributed by atoms with E-state index in [0.717, 1.165) is 58.3 Å². The number of hydrogen-bond donors (Lipinski definition) is 2. The lowest BCUT2D eigenvalue weighted by atomic mass is 9.45. The van der Waals surface area contributed by atoms with Crippen molar-refractivity contribution >= 4 is 0 Å². The molecule has 0 aromatic carbocycles. The zero-order valence-corrected chi connectivity index (χ0v) is 14.9. The average Bonchev–Trinajstić information content (AvgIpc) is 2.36. The van der Waals surface area contributed by atoms with E-state index in [1.165, 1.54) is 0 Å². The summed E-state index contributed by atoms with van der Waals surface area (Å²) in [4.78, 5) is 5.03. The summed E-state index contributed by atoms with van der Waals surface area (Å²) in [7, 11) is 0. The summed E-state index contributed by atoms with van der Waals surface area (Å²) in [6, 6.07) is 0. The molecule has 128 valence electrons. The van der Waals surface area contributed by atoms with Gasteiger partial charge in [0.15, 0.2) is 0 Å². The molecule has 0 radical (unpaired) electrons.